The Balaban J connectivity index is 5.27. The molecular formula is C11H19NO2. The summed E-state index contributed by atoms with van der Waals surface area (Å²) in [6.07, 6.45) is 1.78. The molecule has 0 rings (SSSR count). The smallest absolute Gasteiger partial charge is 0.250 e. The quantitative estimate of drug-likeness (QED) is 0.414. The highest BCUT2D eigenvalue weighted by Crippen LogP contribution is 2.18. The number of aliphatic hydroxyl groups excluding tert-OH is 1. The van der Waals surface area contributed by atoms with Gasteiger partial charge in [0.05, 0.1) is 5.57 Å². The second-order valence-corrected chi connectivity index (χ2v) is 3.47. The van der Waals surface area contributed by atoms with E-state index in [4.69, 9.17) is 0 Å². The molecule has 14 heavy (non-hydrogen) atoms. The van der Waals surface area contributed by atoms with Crippen molar-refractivity contribution in [2.45, 2.75) is 27.7 Å². The topological polar surface area (TPSA) is 49.3 Å². The minimum atomic E-state index is -0.223. The summed E-state index contributed by atoms with van der Waals surface area (Å²) in [6, 6.07) is 0. The van der Waals surface area contributed by atoms with Crippen LogP contribution in [0.4, 0.5) is 0 Å². The van der Waals surface area contributed by atoms with E-state index in [2.05, 4.69) is 5.32 Å². The second kappa shape index (κ2) is 5.47. The van der Waals surface area contributed by atoms with Crippen molar-refractivity contribution >= 4 is 5.91 Å². The Morgan fingerprint density at radius 2 is 1.93 bits per heavy atom. The molecule has 2 N–H and O–H groups in total. The van der Waals surface area contributed by atoms with Crippen molar-refractivity contribution in [1.29, 1.82) is 0 Å². The van der Waals surface area contributed by atoms with E-state index in [0.29, 0.717) is 5.57 Å². The van der Waals surface area contributed by atoms with Crippen LogP contribution in [0.15, 0.2) is 23.0 Å². The van der Waals surface area contributed by atoms with Gasteiger partial charge in [-0.05, 0) is 25.3 Å². The van der Waals surface area contributed by atoms with Crippen molar-refractivity contribution in [3.8, 4) is 0 Å². The van der Waals surface area contributed by atoms with E-state index in [1.54, 1.807) is 20.0 Å². The molecule has 0 radical (unpaired) electrons. The van der Waals surface area contributed by atoms with Gasteiger partial charge < -0.3 is 10.4 Å². The molecule has 3 heteroatoms. The van der Waals surface area contributed by atoms with Gasteiger partial charge >= 0.3 is 0 Å². The first-order chi connectivity index (χ1) is 6.45. The van der Waals surface area contributed by atoms with Crippen LogP contribution in [0.1, 0.15) is 27.7 Å². The molecule has 80 valence electrons. The Labute approximate surface area is 85.5 Å². The molecular weight excluding hydrogens is 178 g/mol. The van der Waals surface area contributed by atoms with Gasteiger partial charge in [-0.15, -0.1) is 0 Å². The van der Waals surface area contributed by atoms with Crippen molar-refractivity contribution in [2.75, 3.05) is 7.05 Å². The third-order valence-corrected chi connectivity index (χ3v) is 2.11. The van der Waals surface area contributed by atoms with Crippen molar-refractivity contribution in [2.24, 2.45) is 5.92 Å². The maximum absolute atomic E-state index is 11.5. The van der Waals surface area contributed by atoms with Gasteiger partial charge in [0, 0.05) is 7.05 Å². The van der Waals surface area contributed by atoms with E-state index in [1.807, 2.05) is 20.8 Å². The lowest BCUT2D eigenvalue weighted by atomic mass is 9.98. The number of hydrogen-bond acceptors (Lipinski definition) is 2. The number of likely N-dealkylation sites (N-methyl/N-ethyl adjacent to an activating group) is 1. The molecule has 0 aromatic heterocycles. The maximum Gasteiger partial charge on any atom is 0.250 e. The number of carbonyl (C=O) groups excluding carboxylic acids is 1. The molecule has 0 spiro atoms. The third kappa shape index (κ3) is 2.91. The zero-order valence-electron chi connectivity index (χ0n) is 9.51. The molecule has 0 saturated carbocycles. The molecule has 0 aromatic carbocycles. The summed E-state index contributed by atoms with van der Waals surface area (Å²) in [5.74, 6) is -0.134. The molecule has 0 unspecified atom stereocenters. The van der Waals surface area contributed by atoms with E-state index < -0.39 is 0 Å². The van der Waals surface area contributed by atoms with Crippen LogP contribution in [-0.2, 0) is 4.79 Å². The lowest BCUT2D eigenvalue weighted by Gasteiger charge is -2.13. The summed E-state index contributed by atoms with van der Waals surface area (Å²) in [5.41, 5.74) is 1.15. The summed E-state index contributed by atoms with van der Waals surface area (Å²) in [7, 11) is 1.56. The molecule has 0 aliphatic carbocycles. The van der Waals surface area contributed by atoms with Crippen LogP contribution in [0.2, 0.25) is 0 Å². The van der Waals surface area contributed by atoms with Crippen LogP contribution in [0, 0.1) is 5.92 Å². The number of aliphatic hydroxyl groups is 1. The minimum Gasteiger partial charge on any atom is -0.507 e. The van der Waals surface area contributed by atoms with E-state index in [0.717, 1.165) is 5.57 Å². The second-order valence-electron chi connectivity index (χ2n) is 3.47. The average Bonchev–Trinajstić information content (AvgIpc) is 2.15. The molecule has 0 aromatic rings. The Bertz CT molecular complexity index is 275. The number of nitrogens with one attached hydrogen (secondary N) is 1. The van der Waals surface area contributed by atoms with E-state index in [-0.39, 0.29) is 17.6 Å². The van der Waals surface area contributed by atoms with Gasteiger partial charge in [-0.2, -0.15) is 0 Å². The van der Waals surface area contributed by atoms with Gasteiger partial charge in [0.2, 0.25) is 0 Å². The summed E-state index contributed by atoms with van der Waals surface area (Å²) in [4.78, 5) is 11.5. The molecule has 3 nitrogen and oxygen atoms in total. The zero-order chi connectivity index (χ0) is 11.3. The molecule has 0 aliphatic heterocycles. The molecule has 0 aliphatic rings. The lowest BCUT2D eigenvalue weighted by molar-refractivity contribution is -0.117. The largest absolute Gasteiger partial charge is 0.507 e. The van der Waals surface area contributed by atoms with E-state index in [1.165, 1.54) is 0 Å². The Morgan fingerprint density at radius 1 is 1.43 bits per heavy atom. The summed E-state index contributed by atoms with van der Waals surface area (Å²) >= 11 is 0. The van der Waals surface area contributed by atoms with Gasteiger partial charge in [0.15, 0.2) is 0 Å². The third-order valence-electron chi connectivity index (χ3n) is 2.11. The first-order valence-corrected chi connectivity index (χ1v) is 4.74. The fraction of sp³-hybridized carbons (Fsp3) is 0.545. The standard InChI is InChI=1S/C11H19NO2/c1-6-8(4)10(13)9(7(2)3)11(14)12-5/h6-7,13H,1-5H3,(H,12,14)/b8-6+,10-9+. The van der Waals surface area contributed by atoms with Crippen molar-refractivity contribution in [3.63, 3.8) is 0 Å². The predicted molar refractivity (Wildman–Crippen MR) is 58.0 cm³/mol. The lowest BCUT2D eigenvalue weighted by Crippen LogP contribution is -2.24. The molecule has 0 fully saturated rings. The normalized spacial score (nSPS) is 14.0. The van der Waals surface area contributed by atoms with Gasteiger partial charge in [0.25, 0.3) is 5.91 Å². The molecule has 0 bridgehead atoms. The van der Waals surface area contributed by atoms with Crippen LogP contribution < -0.4 is 5.32 Å². The summed E-state index contributed by atoms with van der Waals surface area (Å²) in [5, 5.41) is 12.3. The molecule has 0 saturated heterocycles. The SMILES string of the molecule is C/C=C(C)/C(O)=C(\C(=O)NC)C(C)C. The van der Waals surface area contributed by atoms with Crippen LogP contribution in [-0.4, -0.2) is 18.1 Å². The fourth-order valence-electron chi connectivity index (χ4n) is 1.13. The van der Waals surface area contributed by atoms with E-state index in [9.17, 15) is 9.90 Å². The highest BCUT2D eigenvalue weighted by Gasteiger charge is 2.17. The zero-order valence-corrected chi connectivity index (χ0v) is 9.51. The highest BCUT2D eigenvalue weighted by atomic mass is 16.3. The van der Waals surface area contributed by atoms with Gasteiger partial charge in [0.1, 0.15) is 5.76 Å². The highest BCUT2D eigenvalue weighted by molar-refractivity contribution is 5.94. The van der Waals surface area contributed by atoms with Crippen molar-refractivity contribution in [3.05, 3.63) is 23.0 Å². The van der Waals surface area contributed by atoms with E-state index >= 15 is 0 Å². The Morgan fingerprint density at radius 3 is 2.21 bits per heavy atom. The van der Waals surface area contributed by atoms with Gasteiger partial charge in [-0.1, -0.05) is 19.9 Å². The number of rotatable bonds is 3. The van der Waals surface area contributed by atoms with Crippen molar-refractivity contribution < 1.29 is 9.90 Å². The predicted octanol–water partition coefficient (Wildman–Crippen LogP) is 2.17. The first kappa shape index (κ1) is 12.8. The molecule has 0 atom stereocenters. The Hall–Kier alpha value is -1.25. The number of carbonyl (C=O) groups is 1. The number of allylic oxidation sites excluding steroid dienone is 2. The average molecular weight is 197 g/mol. The summed E-state index contributed by atoms with van der Waals surface area (Å²) in [6.45, 7) is 7.36. The van der Waals surface area contributed by atoms with Gasteiger partial charge in [-0.25, -0.2) is 0 Å². The van der Waals surface area contributed by atoms with Crippen LogP contribution in [0.25, 0.3) is 0 Å². The Kier molecular flexibility index (Phi) is 4.99. The molecule has 0 heterocycles. The minimum absolute atomic E-state index is 0.00449. The fourth-order valence-corrected chi connectivity index (χ4v) is 1.13. The number of hydrogen-bond donors (Lipinski definition) is 2. The molecule has 1 amide bonds. The summed E-state index contributed by atoms with van der Waals surface area (Å²) < 4.78 is 0. The monoisotopic (exact) mass is 197 g/mol. The van der Waals surface area contributed by atoms with Crippen LogP contribution >= 0.6 is 0 Å². The number of amides is 1. The maximum atomic E-state index is 11.5. The van der Waals surface area contributed by atoms with Crippen LogP contribution in [0.3, 0.4) is 0 Å². The first-order valence-electron chi connectivity index (χ1n) is 4.74. The van der Waals surface area contributed by atoms with Crippen molar-refractivity contribution in [1.82, 2.24) is 5.32 Å². The van der Waals surface area contributed by atoms with Crippen LogP contribution in [0.5, 0.6) is 0 Å². The van der Waals surface area contributed by atoms with Gasteiger partial charge in [-0.3, -0.25) is 4.79 Å².